The molecule has 4 heterocycles. The first-order valence-electron chi connectivity index (χ1n) is 8.93. The lowest BCUT2D eigenvalue weighted by molar-refractivity contribution is 0.0761. The van der Waals surface area contributed by atoms with Gasteiger partial charge in [0.2, 0.25) is 0 Å². The Morgan fingerprint density at radius 3 is 2.93 bits per heavy atom. The van der Waals surface area contributed by atoms with Crippen molar-refractivity contribution in [2.24, 2.45) is 0 Å². The van der Waals surface area contributed by atoms with Crippen molar-refractivity contribution >= 4 is 44.6 Å². The van der Waals surface area contributed by atoms with Crippen molar-refractivity contribution < 1.29 is 4.79 Å². The van der Waals surface area contributed by atoms with Gasteiger partial charge in [-0.1, -0.05) is 0 Å². The minimum atomic E-state index is 0.0291. The van der Waals surface area contributed by atoms with Gasteiger partial charge in [0.05, 0.1) is 5.39 Å². The van der Waals surface area contributed by atoms with Crippen LogP contribution in [-0.2, 0) is 6.54 Å². The number of carbonyl (C=O) groups excluding carboxylic acids is 1. The summed E-state index contributed by atoms with van der Waals surface area (Å²) in [6.45, 7) is 3.83. The molecule has 1 saturated heterocycles. The summed E-state index contributed by atoms with van der Waals surface area (Å²) in [4.78, 5) is 33.5. The summed E-state index contributed by atoms with van der Waals surface area (Å²) in [5.74, 6) is 0.999. The van der Waals surface area contributed by atoms with E-state index in [9.17, 15) is 4.79 Å². The number of thiophene rings is 1. The molecule has 9 heteroatoms. The number of anilines is 1. The zero-order chi connectivity index (χ0) is 18.8. The number of hydrogen-bond acceptors (Lipinski definition) is 8. The normalized spacial score (nSPS) is 15.5. The molecule has 27 heavy (non-hydrogen) atoms. The van der Waals surface area contributed by atoms with E-state index in [2.05, 4.69) is 30.8 Å². The van der Waals surface area contributed by atoms with E-state index in [1.807, 2.05) is 29.8 Å². The molecule has 1 amide bonds. The fourth-order valence-corrected chi connectivity index (χ4v) is 4.89. The number of carbonyl (C=O) groups is 1. The van der Waals surface area contributed by atoms with Crippen molar-refractivity contribution in [1.29, 1.82) is 0 Å². The number of rotatable bonds is 4. The Morgan fingerprint density at radius 1 is 1.19 bits per heavy atom. The fraction of sp³-hybridized carbons (Fsp3) is 0.444. The predicted octanol–water partition coefficient (Wildman–Crippen LogP) is 2.56. The molecular weight excluding hydrogens is 380 g/mol. The quantitative estimate of drug-likeness (QED) is 0.668. The van der Waals surface area contributed by atoms with Crippen LogP contribution >= 0.6 is 22.7 Å². The van der Waals surface area contributed by atoms with Gasteiger partial charge in [0, 0.05) is 38.1 Å². The van der Waals surface area contributed by atoms with Crippen LogP contribution in [0, 0.1) is 0 Å². The van der Waals surface area contributed by atoms with Crippen molar-refractivity contribution in [3.05, 3.63) is 33.9 Å². The van der Waals surface area contributed by atoms with Gasteiger partial charge in [-0.25, -0.2) is 15.0 Å². The first-order chi connectivity index (χ1) is 13.1. The highest BCUT2D eigenvalue weighted by atomic mass is 32.1. The first kappa shape index (κ1) is 18.3. The lowest BCUT2D eigenvalue weighted by Gasteiger charge is -2.23. The summed E-state index contributed by atoms with van der Waals surface area (Å²) >= 11 is 3.18. The molecule has 0 aromatic carbocycles. The second-order valence-electron chi connectivity index (χ2n) is 6.83. The summed E-state index contributed by atoms with van der Waals surface area (Å²) in [6.07, 6.45) is 2.54. The molecule has 1 aliphatic heterocycles. The Balaban J connectivity index is 1.46. The molecule has 0 bridgehead atoms. The minimum absolute atomic E-state index is 0.0291. The van der Waals surface area contributed by atoms with Crippen LogP contribution in [0.2, 0.25) is 0 Å². The maximum atomic E-state index is 12.9. The number of nitrogens with zero attached hydrogens (tertiary/aromatic N) is 6. The Bertz CT molecular complexity index is 937. The topological polar surface area (TPSA) is 65.5 Å². The Morgan fingerprint density at radius 2 is 2.07 bits per heavy atom. The van der Waals surface area contributed by atoms with Gasteiger partial charge in [0.15, 0.2) is 0 Å². The zero-order valence-corrected chi connectivity index (χ0v) is 17.1. The molecule has 0 radical (unpaired) electrons. The third kappa shape index (κ3) is 3.95. The van der Waals surface area contributed by atoms with E-state index in [-0.39, 0.29) is 5.91 Å². The van der Waals surface area contributed by atoms with Crippen LogP contribution < -0.4 is 4.90 Å². The highest BCUT2D eigenvalue weighted by molar-refractivity contribution is 7.16. The molecule has 1 aliphatic rings. The van der Waals surface area contributed by atoms with Crippen LogP contribution in [0.15, 0.2) is 23.2 Å². The molecule has 4 rings (SSSR count). The summed E-state index contributed by atoms with van der Waals surface area (Å²) in [6, 6.07) is 2.07. The van der Waals surface area contributed by atoms with Crippen LogP contribution in [0.1, 0.15) is 21.9 Å². The third-order valence-corrected chi connectivity index (χ3v) is 6.20. The summed E-state index contributed by atoms with van der Waals surface area (Å²) in [5, 5.41) is 5.99. The van der Waals surface area contributed by atoms with Crippen LogP contribution in [0.4, 0.5) is 5.82 Å². The molecule has 0 N–H and O–H groups in total. The van der Waals surface area contributed by atoms with Gasteiger partial charge in [-0.2, -0.15) is 0 Å². The van der Waals surface area contributed by atoms with Crippen molar-refractivity contribution in [1.82, 2.24) is 24.8 Å². The molecule has 3 aromatic heterocycles. The Labute approximate surface area is 166 Å². The molecule has 0 spiro atoms. The Kier molecular flexibility index (Phi) is 5.33. The van der Waals surface area contributed by atoms with Gasteiger partial charge >= 0.3 is 0 Å². The summed E-state index contributed by atoms with van der Waals surface area (Å²) in [7, 11) is 4.01. The van der Waals surface area contributed by atoms with Crippen molar-refractivity contribution in [3.8, 4) is 0 Å². The monoisotopic (exact) mass is 402 g/mol. The van der Waals surface area contributed by atoms with Crippen molar-refractivity contribution in [2.45, 2.75) is 13.0 Å². The van der Waals surface area contributed by atoms with E-state index >= 15 is 0 Å². The molecular formula is C18H22N6OS2. The van der Waals surface area contributed by atoms with Crippen molar-refractivity contribution in [3.63, 3.8) is 0 Å². The lowest BCUT2D eigenvalue weighted by Crippen LogP contribution is -2.35. The van der Waals surface area contributed by atoms with Crippen LogP contribution in [0.5, 0.6) is 0 Å². The second kappa shape index (κ2) is 7.87. The van der Waals surface area contributed by atoms with Gasteiger partial charge in [-0.05, 0) is 32.0 Å². The third-order valence-electron chi connectivity index (χ3n) is 4.55. The van der Waals surface area contributed by atoms with E-state index in [1.54, 1.807) is 29.0 Å². The zero-order valence-electron chi connectivity index (χ0n) is 15.5. The van der Waals surface area contributed by atoms with Gasteiger partial charge in [-0.15, -0.1) is 22.7 Å². The Hall–Kier alpha value is -2.10. The predicted molar refractivity (Wildman–Crippen MR) is 110 cm³/mol. The maximum absolute atomic E-state index is 12.9. The number of amides is 1. The van der Waals surface area contributed by atoms with Gasteiger partial charge in [0.25, 0.3) is 5.91 Å². The molecule has 142 valence electrons. The number of fused-ring (bicyclic) bond motifs is 1. The SMILES string of the molecule is CN(C)Cc1nc(C(=O)N2CCCN(c3ncnc4sccc34)CC2)cs1. The molecule has 0 unspecified atom stereocenters. The molecule has 0 saturated carbocycles. The molecule has 0 atom stereocenters. The standard InChI is InChI=1S/C18H22N6OS2/c1-22(2)10-15-21-14(11-27-15)18(25)24-6-3-5-23(7-8-24)16-13-4-9-26-17(13)20-12-19-16/h4,9,11-12H,3,5-8,10H2,1-2H3. The van der Waals surface area contributed by atoms with Crippen LogP contribution in [0.3, 0.4) is 0 Å². The maximum Gasteiger partial charge on any atom is 0.273 e. The van der Waals surface area contributed by atoms with E-state index in [0.29, 0.717) is 12.2 Å². The second-order valence-corrected chi connectivity index (χ2v) is 8.67. The lowest BCUT2D eigenvalue weighted by atomic mass is 10.3. The van der Waals surface area contributed by atoms with E-state index in [1.165, 1.54) is 0 Å². The van der Waals surface area contributed by atoms with Gasteiger partial charge in [-0.3, -0.25) is 4.79 Å². The van der Waals surface area contributed by atoms with Crippen LogP contribution in [0.25, 0.3) is 10.2 Å². The van der Waals surface area contributed by atoms with E-state index in [0.717, 1.165) is 53.6 Å². The highest BCUT2D eigenvalue weighted by Crippen LogP contribution is 2.27. The average molecular weight is 403 g/mol. The highest BCUT2D eigenvalue weighted by Gasteiger charge is 2.23. The number of hydrogen-bond donors (Lipinski definition) is 0. The smallest absolute Gasteiger partial charge is 0.273 e. The minimum Gasteiger partial charge on any atom is -0.354 e. The average Bonchev–Trinajstić information content (AvgIpc) is 3.24. The van der Waals surface area contributed by atoms with Crippen LogP contribution in [-0.4, -0.2) is 70.9 Å². The summed E-state index contributed by atoms with van der Waals surface area (Å²) < 4.78 is 0. The van der Waals surface area contributed by atoms with Gasteiger partial charge in [0.1, 0.15) is 27.7 Å². The van der Waals surface area contributed by atoms with E-state index < -0.39 is 0 Å². The molecule has 1 fully saturated rings. The fourth-order valence-electron chi connectivity index (χ4n) is 3.28. The molecule has 3 aromatic rings. The number of thiazole rings is 1. The first-order valence-corrected chi connectivity index (χ1v) is 10.7. The van der Waals surface area contributed by atoms with Gasteiger partial charge < -0.3 is 14.7 Å². The van der Waals surface area contributed by atoms with Crippen molar-refractivity contribution in [2.75, 3.05) is 45.2 Å². The molecule has 7 nitrogen and oxygen atoms in total. The molecule has 0 aliphatic carbocycles. The largest absolute Gasteiger partial charge is 0.354 e. The summed E-state index contributed by atoms with van der Waals surface area (Å²) in [5.41, 5.74) is 0.563. The number of aromatic nitrogens is 3. The van der Waals surface area contributed by atoms with E-state index in [4.69, 9.17) is 0 Å².